The van der Waals surface area contributed by atoms with Crippen molar-refractivity contribution in [3.05, 3.63) is 41.7 Å². The second-order valence-corrected chi connectivity index (χ2v) is 4.88. The van der Waals surface area contributed by atoms with E-state index in [1.807, 2.05) is 31.2 Å². The van der Waals surface area contributed by atoms with Gasteiger partial charge in [-0.2, -0.15) is 4.80 Å². The number of aryl methyl sites for hydroxylation is 2. The molecule has 0 spiro atoms. The third kappa shape index (κ3) is 3.17. The van der Waals surface area contributed by atoms with Crippen LogP contribution < -0.4 is 5.32 Å². The SMILES string of the molecule is Cc1ccc(-c2nnn(CC(=O)Nc3cc(C)on3)n2)cc1. The van der Waals surface area contributed by atoms with E-state index >= 15 is 0 Å². The highest BCUT2D eigenvalue weighted by Gasteiger charge is 2.11. The Balaban J connectivity index is 1.66. The van der Waals surface area contributed by atoms with Gasteiger partial charge >= 0.3 is 0 Å². The molecule has 3 aromatic rings. The first kappa shape index (κ1) is 13.9. The first-order valence-corrected chi connectivity index (χ1v) is 6.68. The van der Waals surface area contributed by atoms with E-state index < -0.39 is 0 Å². The maximum atomic E-state index is 11.9. The maximum Gasteiger partial charge on any atom is 0.249 e. The molecule has 2 aromatic heterocycles. The highest BCUT2D eigenvalue weighted by Crippen LogP contribution is 2.14. The molecule has 0 bridgehead atoms. The van der Waals surface area contributed by atoms with Crippen molar-refractivity contribution in [1.82, 2.24) is 25.4 Å². The zero-order valence-electron chi connectivity index (χ0n) is 12.1. The summed E-state index contributed by atoms with van der Waals surface area (Å²) in [5, 5.41) is 18.3. The zero-order valence-corrected chi connectivity index (χ0v) is 12.1. The van der Waals surface area contributed by atoms with Crippen LogP contribution >= 0.6 is 0 Å². The molecule has 0 atom stereocenters. The summed E-state index contributed by atoms with van der Waals surface area (Å²) in [7, 11) is 0. The molecule has 0 unspecified atom stereocenters. The summed E-state index contributed by atoms with van der Waals surface area (Å²) >= 11 is 0. The van der Waals surface area contributed by atoms with E-state index in [1.54, 1.807) is 13.0 Å². The van der Waals surface area contributed by atoms with Crippen molar-refractivity contribution in [3.8, 4) is 11.4 Å². The molecule has 1 N–H and O–H groups in total. The lowest BCUT2D eigenvalue weighted by atomic mass is 10.1. The summed E-state index contributed by atoms with van der Waals surface area (Å²) < 4.78 is 4.87. The third-order valence-electron chi connectivity index (χ3n) is 2.94. The van der Waals surface area contributed by atoms with Crippen LogP contribution in [-0.4, -0.2) is 31.3 Å². The summed E-state index contributed by atoms with van der Waals surface area (Å²) in [4.78, 5) is 13.1. The van der Waals surface area contributed by atoms with Crippen molar-refractivity contribution in [1.29, 1.82) is 0 Å². The summed E-state index contributed by atoms with van der Waals surface area (Å²) in [6, 6.07) is 9.39. The van der Waals surface area contributed by atoms with E-state index in [9.17, 15) is 4.79 Å². The average molecular weight is 298 g/mol. The fraction of sp³-hybridized carbons (Fsp3) is 0.214. The number of carbonyl (C=O) groups is 1. The molecule has 1 aromatic carbocycles. The first-order valence-electron chi connectivity index (χ1n) is 6.68. The largest absolute Gasteiger partial charge is 0.360 e. The van der Waals surface area contributed by atoms with Gasteiger partial charge in [0.15, 0.2) is 5.82 Å². The minimum Gasteiger partial charge on any atom is -0.360 e. The number of hydrogen-bond donors (Lipinski definition) is 1. The van der Waals surface area contributed by atoms with Crippen LogP contribution in [0.5, 0.6) is 0 Å². The van der Waals surface area contributed by atoms with E-state index in [4.69, 9.17) is 4.52 Å². The average Bonchev–Trinajstić information content (AvgIpc) is 3.09. The number of tetrazole rings is 1. The van der Waals surface area contributed by atoms with Gasteiger partial charge in [0.25, 0.3) is 0 Å². The van der Waals surface area contributed by atoms with Gasteiger partial charge in [0.05, 0.1) is 0 Å². The quantitative estimate of drug-likeness (QED) is 0.785. The number of hydrogen-bond acceptors (Lipinski definition) is 6. The van der Waals surface area contributed by atoms with Crippen LogP contribution in [0.15, 0.2) is 34.9 Å². The van der Waals surface area contributed by atoms with Crippen LogP contribution in [0.2, 0.25) is 0 Å². The van der Waals surface area contributed by atoms with Gasteiger partial charge in [-0.15, -0.1) is 10.2 Å². The Morgan fingerprint density at radius 2 is 2.05 bits per heavy atom. The minimum atomic E-state index is -0.304. The lowest BCUT2D eigenvalue weighted by molar-refractivity contribution is -0.117. The number of anilines is 1. The molecular weight excluding hydrogens is 284 g/mol. The molecule has 0 saturated carbocycles. The lowest BCUT2D eigenvalue weighted by Gasteiger charge is -1.99. The number of nitrogens with zero attached hydrogens (tertiary/aromatic N) is 5. The number of carbonyl (C=O) groups excluding carboxylic acids is 1. The number of benzene rings is 1. The van der Waals surface area contributed by atoms with Crippen molar-refractivity contribution in [2.24, 2.45) is 0 Å². The highest BCUT2D eigenvalue weighted by molar-refractivity contribution is 5.89. The van der Waals surface area contributed by atoms with Gasteiger partial charge in [0.2, 0.25) is 11.7 Å². The van der Waals surface area contributed by atoms with Crippen LogP contribution in [-0.2, 0) is 11.3 Å². The highest BCUT2D eigenvalue weighted by atomic mass is 16.5. The molecule has 0 radical (unpaired) electrons. The monoisotopic (exact) mass is 298 g/mol. The zero-order chi connectivity index (χ0) is 15.5. The van der Waals surface area contributed by atoms with Crippen molar-refractivity contribution >= 4 is 11.7 Å². The van der Waals surface area contributed by atoms with Crippen LogP contribution in [0.1, 0.15) is 11.3 Å². The summed E-state index contributed by atoms with van der Waals surface area (Å²) in [6.45, 7) is 3.70. The predicted molar refractivity (Wildman–Crippen MR) is 77.9 cm³/mol. The van der Waals surface area contributed by atoms with E-state index in [2.05, 4.69) is 25.9 Å². The summed E-state index contributed by atoms with van der Waals surface area (Å²) in [6.07, 6.45) is 0. The first-order chi connectivity index (χ1) is 10.6. The van der Waals surface area contributed by atoms with Crippen LogP contribution in [0.3, 0.4) is 0 Å². The molecule has 112 valence electrons. The number of nitrogens with one attached hydrogen (secondary N) is 1. The van der Waals surface area contributed by atoms with Gasteiger partial charge in [0, 0.05) is 11.6 Å². The van der Waals surface area contributed by atoms with Crippen molar-refractivity contribution in [2.75, 3.05) is 5.32 Å². The molecule has 0 saturated heterocycles. The molecular formula is C14H14N6O2. The fourth-order valence-corrected chi connectivity index (χ4v) is 1.86. The van der Waals surface area contributed by atoms with Gasteiger partial charge in [-0.05, 0) is 19.1 Å². The molecule has 1 amide bonds. The summed E-state index contributed by atoms with van der Waals surface area (Å²) in [5.41, 5.74) is 2.00. The van der Waals surface area contributed by atoms with Gasteiger partial charge in [-0.3, -0.25) is 4.79 Å². The second-order valence-electron chi connectivity index (χ2n) is 4.88. The third-order valence-corrected chi connectivity index (χ3v) is 2.94. The minimum absolute atomic E-state index is 0.0508. The second kappa shape index (κ2) is 5.76. The standard InChI is InChI=1S/C14H14N6O2/c1-9-3-5-11(6-4-9)14-16-19-20(17-14)8-13(21)15-12-7-10(2)22-18-12/h3-7H,8H2,1-2H3,(H,15,18,21). The van der Waals surface area contributed by atoms with E-state index in [0.717, 1.165) is 11.1 Å². The molecule has 0 fully saturated rings. The van der Waals surface area contributed by atoms with E-state index in [0.29, 0.717) is 17.4 Å². The molecule has 0 aliphatic rings. The number of rotatable bonds is 4. The predicted octanol–water partition coefficient (Wildman–Crippen LogP) is 1.58. The van der Waals surface area contributed by atoms with Crippen molar-refractivity contribution in [3.63, 3.8) is 0 Å². The van der Waals surface area contributed by atoms with Crippen LogP contribution in [0, 0.1) is 13.8 Å². The fourth-order valence-electron chi connectivity index (χ4n) is 1.86. The normalized spacial score (nSPS) is 10.6. The van der Waals surface area contributed by atoms with Crippen LogP contribution in [0.25, 0.3) is 11.4 Å². The van der Waals surface area contributed by atoms with Crippen LogP contribution in [0.4, 0.5) is 5.82 Å². The molecule has 0 aliphatic carbocycles. The molecule has 8 heteroatoms. The molecule has 3 rings (SSSR count). The number of aromatic nitrogens is 5. The maximum absolute atomic E-state index is 11.9. The summed E-state index contributed by atoms with van der Waals surface area (Å²) in [5.74, 6) is 1.16. The van der Waals surface area contributed by atoms with Gasteiger partial charge in [-0.25, -0.2) is 0 Å². The Morgan fingerprint density at radius 1 is 1.27 bits per heavy atom. The molecule has 0 aliphatic heterocycles. The van der Waals surface area contributed by atoms with Crippen molar-refractivity contribution in [2.45, 2.75) is 20.4 Å². The van der Waals surface area contributed by atoms with Crippen molar-refractivity contribution < 1.29 is 9.32 Å². The number of amides is 1. The topological polar surface area (TPSA) is 98.7 Å². The Kier molecular flexibility index (Phi) is 3.65. The van der Waals surface area contributed by atoms with E-state index in [1.165, 1.54) is 4.80 Å². The molecule has 22 heavy (non-hydrogen) atoms. The Hall–Kier alpha value is -3.03. The van der Waals surface area contributed by atoms with Gasteiger partial charge < -0.3 is 9.84 Å². The smallest absolute Gasteiger partial charge is 0.249 e. The molecule has 2 heterocycles. The Labute approximate surface area is 126 Å². The lowest BCUT2D eigenvalue weighted by Crippen LogP contribution is -2.20. The van der Waals surface area contributed by atoms with Gasteiger partial charge in [-0.1, -0.05) is 35.0 Å². The molecule has 8 nitrogen and oxygen atoms in total. The van der Waals surface area contributed by atoms with Gasteiger partial charge in [0.1, 0.15) is 12.3 Å². The Bertz CT molecular complexity index is 790. The van der Waals surface area contributed by atoms with E-state index in [-0.39, 0.29) is 12.5 Å². The Morgan fingerprint density at radius 3 is 2.73 bits per heavy atom.